The van der Waals surface area contributed by atoms with Gasteiger partial charge in [-0.3, -0.25) is 9.20 Å². The number of carbonyl (C=O) groups excluding carboxylic acids is 1. The normalized spacial score (nSPS) is 10.8. The Kier molecular flexibility index (Phi) is 2.79. The first kappa shape index (κ1) is 11.9. The average Bonchev–Trinajstić information content (AvgIpc) is 2.92. The summed E-state index contributed by atoms with van der Waals surface area (Å²) in [5, 5.41) is 4.75. The van der Waals surface area contributed by atoms with Crippen molar-refractivity contribution in [2.75, 3.05) is 5.32 Å². The fourth-order valence-corrected chi connectivity index (χ4v) is 2.64. The quantitative estimate of drug-likeness (QED) is 0.780. The molecular weight excluding hydrogens is 260 g/mol. The van der Waals surface area contributed by atoms with E-state index in [0.717, 1.165) is 16.2 Å². The number of nitrogens with zero attached hydrogens (tertiary/aromatic N) is 3. The van der Waals surface area contributed by atoms with Crippen LogP contribution in [0.25, 0.3) is 4.96 Å². The van der Waals surface area contributed by atoms with Gasteiger partial charge in [-0.1, -0.05) is 0 Å². The third-order valence-corrected chi connectivity index (χ3v) is 3.74. The summed E-state index contributed by atoms with van der Waals surface area (Å²) in [4.78, 5) is 21.3. The van der Waals surface area contributed by atoms with Gasteiger partial charge < -0.3 is 5.32 Å². The SMILES string of the molecule is Cc1ccnc(NC(=O)c2cn3c(C)csc3n2)c1. The summed E-state index contributed by atoms with van der Waals surface area (Å²) in [5.74, 6) is 0.298. The number of amides is 1. The Bertz CT molecular complexity index is 759. The van der Waals surface area contributed by atoms with Crippen LogP contribution in [0.5, 0.6) is 0 Å². The maximum absolute atomic E-state index is 12.1. The molecule has 5 nitrogen and oxygen atoms in total. The molecule has 96 valence electrons. The van der Waals surface area contributed by atoms with E-state index in [1.807, 2.05) is 35.8 Å². The number of anilines is 1. The van der Waals surface area contributed by atoms with Gasteiger partial charge in [0.25, 0.3) is 5.91 Å². The minimum Gasteiger partial charge on any atom is -0.305 e. The second-order valence-corrected chi connectivity index (χ2v) is 5.16. The van der Waals surface area contributed by atoms with Gasteiger partial charge in [-0.05, 0) is 31.5 Å². The Morgan fingerprint density at radius 1 is 1.42 bits per heavy atom. The van der Waals surface area contributed by atoms with E-state index in [0.29, 0.717) is 11.5 Å². The lowest BCUT2D eigenvalue weighted by Crippen LogP contribution is -2.13. The molecule has 0 bridgehead atoms. The Hall–Kier alpha value is -2.21. The number of thiazole rings is 1. The Morgan fingerprint density at radius 2 is 2.26 bits per heavy atom. The minimum absolute atomic E-state index is 0.242. The van der Waals surface area contributed by atoms with Crippen molar-refractivity contribution in [3.8, 4) is 0 Å². The van der Waals surface area contributed by atoms with E-state index in [1.165, 1.54) is 11.3 Å². The molecule has 0 unspecified atom stereocenters. The van der Waals surface area contributed by atoms with Crippen LogP contribution in [0.15, 0.2) is 29.9 Å². The molecule has 3 rings (SSSR count). The molecule has 1 amide bonds. The van der Waals surface area contributed by atoms with E-state index in [1.54, 1.807) is 12.4 Å². The summed E-state index contributed by atoms with van der Waals surface area (Å²) in [6.07, 6.45) is 3.41. The van der Waals surface area contributed by atoms with Gasteiger partial charge >= 0.3 is 0 Å². The second kappa shape index (κ2) is 4.47. The largest absolute Gasteiger partial charge is 0.305 e. The highest BCUT2D eigenvalue weighted by Crippen LogP contribution is 2.16. The van der Waals surface area contributed by atoms with Crippen molar-refractivity contribution in [2.24, 2.45) is 0 Å². The van der Waals surface area contributed by atoms with Crippen molar-refractivity contribution in [2.45, 2.75) is 13.8 Å². The number of imidazole rings is 1. The lowest BCUT2D eigenvalue weighted by atomic mass is 10.3. The van der Waals surface area contributed by atoms with Crippen molar-refractivity contribution in [1.29, 1.82) is 0 Å². The molecule has 0 aromatic carbocycles. The van der Waals surface area contributed by atoms with Crippen molar-refractivity contribution in [3.63, 3.8) is 0 Å². The van der Waals surface area contributed by atoms with Gasteiger partial charge in [-0.2, -0.15) is 0 Å². The van der Waals surface area contributed by atoms with Crippen LogP contribution in [0.1, 0.15) is 21.7 Å². The van der Waals surface area contributed by atoms with Crippen molar-refractivity contribution in [1.82, 2.24) is 14.4 Å². The highest BCUT2D eigenvalue weighted by Gasteiger charge is 2.13. The standard InChI is InChI=1S/C13H12N4OS/c1-8-3-4-14-11(5-8)16-12(18)10-6-17-9(2)7-19-13(17)15-10/h3-7H,1-2H3,(H,14,16,18). The number of carbonyl (C=O) groups is 1. The fraction of sp³-hybridized carbons (Fsp3) is 0.154. The lowest BCUT2D eigenvalue weighted by molar-refractivity contribution is 0.102. The Balaban J connectivity index is 1.87. The van der Waals surface area contributed by atoms with E-state index in [2.05, 4.69) is 15.3 Å². The van der Waals surface area contributed by atoms with Gasteiger partial charge in [0.2, 0.25) is 0 Å². The molecule has 3 aromatic heterocycles. The summed E-state index contributed by atoms with van der Waals surface area (Å²) >= 11 is 1.52. The number of aromatic nitrogens is 3. The van der Waals surface area contributed by atoms with E-state index < -0.39 is 0 Å². The predicted octanol–water partition coefficient (Wildman–Crippen LogP) is 2.66. The molecule has 0 saturated carbocycles. The van der Waals surface area contributed by atoms with Gasteiger partial charge in [0, 0.05) is 23.5 Å². The van der Waals surface area contributed by atoms with Crippen LogP contribution in [-0.4, -0.2) is 20.3 Å². The molecule has 0 radical (unpaired) electrons. The molecule has 0 atom stereocenters. The number of pyridine rings is 1. The molecule has 0 spiro atoms. The van der Waals surface area contributed by atoms with Gasteiger partial charge in [-0.25, -0.2) is 9.97 Å². The summed E-state index contributed by atoms with van der Waals surface area (Å²) in [7, 11) is 0. The Labute approximate surface area is 113 Å². The van der Waals surface area contributed by atoms with Crippen LogP contribution >= 0.6 is 11.3 Å². The molecule has 19 heavy (non-hydrogen) atoms. The van der Waals surface area contributed by atoms with Gasteiger partial charge in [-0.15, -0.1) is 11.3 Å². The third kappa shape index (κ3) is 2.22. The number of rotatable bonds is 2. The summed E-state index contributed by atoms with van der Waals surface area (Å²) < 4.78 is 1.91. The number of aryl methyl sites for hydroxylation is 2. The van der Waals surface area contributed by atoms with Crippen LogP contribution in [0.3, 0.4) is 0 Å². The fourth-order valence-electron chi connectivity index (χ4n) is 1.79. The zero-order valence-electron chi connectivity index (χ0n) is 10.5. The highest BCUT2D eigenvalue weighted by molar-refractivity contribution is 7.15. The summed E-state index contributed by atoms with van der Waals surface area (Å²) in [6, 6.07) is 3.70. The first-order valence-electron chi connectivity index (χ1n) is 5.81. The maximum Gasteiger partial charge on any atom is 0.277 e. The van der Waals surface area contributed by atoms with E-state index >= 15 is 0 Å². The Morgan fingerprint density at radius 3 is 3.00 bits per heavy atom. The van der Waals surface area contributed by atoms with Gasteiger partial charge in [0.1, 0.15) is 11.5 Å². The third-order valence-electron chi connectivity index (χ3n) is 2.78. The molecule has 1 N–H and O–H groups in total. The molecule has 0 aliphatic rings. The van der Waals surface area contributed by atoms with Crippen LogP contribution in [0, 0.1) is 13.8 Å². The smallest absolute Gasteiger partial charge is 0.277 e. The van der Waals surface area contributed by atoms with Gasteiger partial charge in [0.15, 0.2) is 4.96 Å². The second-order valence-electron chi connectivity index (χ2n) is 4.33. The van der Waals surface area contributed by atoms with Crippen molar-refractivity contribution in [3.05, 3.63) is 46.9 Å². The average molecular weight is 272 g/mol. The van der Waals surface area contributed by atoms with Crippen LogP contribution in [-0.2, 0) is 0 Å². The lowest BCUT2D eigenvalue weighted by Gasteiger charge is -2.02. The van der Waals surface area contributed by atoms with Crippen LogP contribution in [0.4, 0.5) is 5.82 Å². The molecule has 3 heterocycles. The molecule has 0 saturated heterocycles. The monoisotopic (exact) mass is 272 g/mol. The van der Waals surface area contributed by atoms with E-state index in [-0.39, 0.29) is 5.91 Å². The number of hydrogen-bond donors (Lipinski definition) is 1. The number of hydrogen-bond acceptors (Lipinski definition) is 4. The summed E-state index contributed by atoms with van der Waals surface area (Å²) in [5.41, 5.74) is 2.52. The molecular formula is C13H12N4OS. The van der Waals surface area contributed by atoms with Gasteiger partial charge in [0.05, 0.1) is 0 Å². The molecule has 0 aliphatic heterocycles. The minimum atomic E-state index is -0.242. The topological polar surface area (TPSA) is 59.3 Å². The molecule has 0 aliphatic carbocycles. The van der Waals surface area contributed by atoms with Crippen molar-refractivity contribution < 1.29 is 4.79 Å². The van der Waals surface area contributed by atoms with E-state index in [4.69, 9.17) is 0 Å². The molecule has 6 heteroatoms. The van der Waals surface area contributed by atoms with Crippen molar-refractivity contribution >= 4 is 28.0 Å². The number of nitrogens with one attached hydrogen (secondary N) is 1. The molecule has 0 fully saturated rings. The highest BCUT2D eigenvalue weighted by atomic mass is 32.1. The zero-order valence-corrected chi connectivity index (χ0v) is 11.4. The first-order valence-corrected chi connectivity index (χ1v) is 6.68. The maximum atomic E-state index is 12.1. The summed E-state index contributed by atoms with van der Waals surface area (Å²) in [6.45, 7) is 3.93. The number of fused-ring (bicyclic) bond motifs is 1. The predicted molar refractivity (Wildman–Crippen MR) is 74.7 cm³/mol. The first-order chi connectivity index (χ1) is 9.13. The molecule has 3 aromatic rings. The van der Waals surface area contributed by atoms with Crippen LogP contribution < -0.4 is 5.32 Å². The zero-order chi connectivity index (χ0) is 13.4. The van der Waals surface area contributed by atoms with Crippen LogP contribution in [0.2, 0.25) is 0 Å². The van der Waals surface area contributed by atoms with E-state index in [9.17, 15) is 4.79 Å².